The van der Waals surface area contributed by atoms with E-state index >= 15 is 0 Å². The first-order valence-corrected chi connectivity index (χ1v) is 17.6. The number of nitrogens with two attached hydrogens (primary N) is 1. The SMILES string of the molecule is C=C.CCCc1ccncc1-c1c(CC(C)(C)COC)c2cc(-c3cc(O)cc(CC(C)CCCCNNC=O)c3)ccc2n1CC.CN. The third-order valence-corrected chi connectivity index (χ3v) is 8.67. The van der Waals surface area contributed by atoms with E-state index in [9.17, 15) is 9.90 Å². The standard InChI is InChI=1S/C38H52N4O3.C2H4.CH5N/c1-7-11-29-15-17-39-24-35(29)37-34(23-38(4,5)25-45-6)33-22-30(13-14-36(33)42(37)8-2)31-19-28(20-32(44)21-31)18-27(3)12-9-10-16-40-41-26-43;2*1-2/h13-15,17,19-22,24,26-27,40,44H,7-12,16,18,23,25H2,1-6H3,(H,41,43);1-2H2;2H2,1H3. The molecule has 4 rings (SSSR count). The summed E-state index contributed by atoms with van der Waals surface area (Å²) in [6.45, 7) is 19.5. The summed E-state index contributed by atoms with van der Waals surface area (Å²) in [5.74, 6) is 0.778. The van der Waals surface area contributed by atoms with Crippen LogP contribution in [0.25, 0.3) is 33.3 Å². The molecule has 0 spiro atoms. The van der Waals surface area contributed by atoms with Crippen LogP contribution in [0.5, 0.6) is 5.75 Å². The Labute approximate surface area is 295 Å². The summed E-state index contributed by atoms with van der Waals surface area (Å²) in [4.78, 5) is 15.0. The predicted molar refractivity (Wildman–Crippen MR) is 207 cm³/mol. The first-order valence-electron chi connectivity index (χ1n) is 17.6. The second-order valence-electron chi connectivity index (χ2n) is 13.2. The third-order valence-electron chi connectivity index (χ3n) is 8.67. The number of unbranched alkanes of at least 4 members (excludes halogenated alkanes) is 1. The van der Waals surface area contributed by atoms with Crippen LogP contribution >= 0.6 is 0 Å². The van der Waals surface area contributed by atoms with Gasteiger partial charge in [0.1, 0.15) is 5.75 Å². The lowest BCUT2D eigenvalue weighted by atomic mass is 9.84. The highest BCUT2D eigenvalue weighted by Crippen LogP contribution is 2.41. The van der Waals surface area contributed by atoms with Crippen molar-refractivity contribution in [1.82, 2.24) is 20.4 Å². The third kappa shape index (κ3) is 11.6. The molecule has 0 saturated heterocycles. The molecule has 5 N–H and O–H groups in total. The van der Waals surface area contributed by atoms with Crippen molar-refractivity contribution < 1.29 is 14.6 Å². The molecule has 0 aliphatic heterocycles. The molecule has 2 aromatic carbocycles. The number of methoxy groups -OCH3 is 1. The molecule has 268 valence electrons. The highest BCUT2D eigenvalue weighted by Gasteiger charge is 2.27. The summed E-state index contributed by atoms with van der Waals surface area (Å²) >= 11 is 0. The number of nitrogens with one attached hydrogen (secondary N) is 2. The first-order chi connectivity index (χ1) is 23.7. The lowest BCUT2D eigenvalue weighted by molar-refractivity contribution is -0.110. The Morgan fingerprint density at radius 2 is 1.84 bits per heavy atom. The van der Waals surface area contributed by atoms with E-state index in [1.54, 1.807) is 7.11 Å². The summed E-state index contributed by atoms with van der Waals surface area (Å²) in [7, 11) is 3.28. The van der Waals surface area contributed by atoms with Crippen molar-refractivity contribution in [2.24, 2.45) is 17.1 Å². The van der Waals surface area contributed by atoms with Gasteiger partial charge in [-0.25, -0.2) is 5.43 Å². The van der Waals surface area contributed by atoms with Gasteiger partial charge in [0, 0.05) is 49.1 Å². The zero-order chi connectivity index (χ0) is 36.4. The Bertz CT molecular complexity index is 1580. The Hall–Kier alpha value is -3.98. The number of rotatable bonds is 18. The van der Waals surface area contributed by atoms with Gasteiger partial charge in [-0.2, -0.15) is 0 Å². The van der Waals surface area contributed by atoms with Gasteiger partial charge in [-0.15, -0.1) is 13.2 Å². The molecule has 4 aromatic rings. The Balaban J connectivity index is 0.00000201. The quantitative estimate of drug-likeness (QED) is 0.0367. The monoisotopic (exact) mass is 671 g/mol. The van der Waals surface area contributed by atoms with Gasteiger partial charge < -0.3 is 20.1 Å². The van der Waals surface area contributed by atoms with Crippen molar-refractivity contribution in [1.29, 1.82) is 0 Å². The van der Waals surface area contributed by atoms with Crippen LogP contribution in [0.1, 0.15) is 77.0 Å². The van der Waals surface area contributed by atoms with Crippen molar-refractivity contribution in [2.75, 3.05) is 27.3 Å². The van der Waals surface area contributed by atoms with E-state index in [0.717, 1.165) is 74.7 Å². The zero-order valence-electron chi connectivity index (χ0n) is 31.1. The molecule has 1 amide bonds. The first kappa shape index (κ1) is 41.2. The van der Waals surface area contributed by atoms with Gasteiger partial charge in [0.05, 0.1) is 12.3 Å². The zero-order valence-corrected chi connectivity index (χ0v) is 31.1. The average molecular weight is 672 g/mol. The van der Waals surface area contributed by atoms with Crippen LogP contribution in [0.3, 0.4) is 0 Å². The molecule has 0 fully saturated rings. The number of hydrogen-bond donors (Lipinski definition) is 4. The molecule has 8 nitrogen and oxygen atoms in total. The predicted octanol–water partition coefficient (Wildman–Crippen LogP) is 8.24. The van der Waals surface area contributed by atoms with Crippen molar-refractivity contribution >= 4 is 17.3 Å². The van der Waals surface area contributed by atoms with Gasteiger partial charge in [-0.05, 0) is 109 Å². The number of fused-ring (bicyclic) bond motifs is 1. The lowest BCUT2D eigenvalue weighted by Gasteiger charge is -2.25. The van der Waals surface area contributed by atoms with Crippen LogP contribution in [0.15, 0.2) is 68.0 Å². The molecule has 0 bridgehead atoms. The maximum absolute atomic E-state index is 10.8. The Morgan fingerprint density at radius 1 is 1.08 bits per heavy atom. The van der Waals surface area contributed by atoms with E-state index in [-0.39, 0.29) is 5.41 Å². The number of phenolic OH excluding ortho intramolecular Hbond substituents is 1. The van der Waals surface area contributed by atoms with E-state index < -0.39 is 0 Å². The van der Waals surface area contributed by atoms with Gasteiger partial charge in [-0.3, -0.25) is 15.2 Å². The molecule has 49 heavy (non-hydrogen) atoms. The molecule has 0 aliphatic rings. The number of nitrogens with zero attached hydrogens (tertiary/aromatic N) is 2. The number of phenols is 1. The van der Waals surface area contributed by atoms with E-state index in [0.29, 0.717) is 24.7 Å². The van der Waals surface area contributed by atoms with Gasteiger partial charge in [0.2, 0.25) is 6.41 Å². The highest BCUT2D eigenvalue weighted by molar-refractivity contribution is 5.95. The minimum Gasteiger partial charge on any atom is -0.508 e. The fourth-order valence-electron chi connectivity index (χ4n) is 6.75. The number of carbonyl (C=O) groups excluding carboxylic acids is 1. The number of carbonyl (C=O) groups is 1. The van der Waals surface area contributed by atoms with Crippen molar-refractivity contribution in [3.63, 3.8) is 0 Å². The largest absolute Gasteiger partial charge is 0.508 e. The Morgan fingerprint density at radius 3 is 2.51 bits per heavy atom. The Kier molecular flexibility index (Phi) is 17.8. The van der Waals surface area contributed by atoms with Gasteiger partial charge in [0.15, 0.2) is 0 Å². The van der Waals surface area contributed by atoms with Crippen LogP contribution < -0.4 is 16.6 Å². The fourth-order valence-corrected chi connectivity index (χ4v) is 6.75. The maximum atomic E-state index is 10.8. The van der Waals surface area contributed by atoms with Crippen molar-refractivity contribution in [2.45, 2.75) is 86.1 Å². The van der Waals surface area contributed by atoms with Crippen molar-refractivity contribution in [3.05, 3.63) is 84.7 Å². The number of aryl methyl sites for hydroxylation is 2. The van der Waals surface area contributed by atoms with E-state index in [2.05, 4.69) is 104 Å². The lowest BCUT2D eigenvalue weighted by Crippen LogP contribution is -2.30. The number of benzene rings is 2. The minimum atomic E-state index is -0.0606. The molecule has 1 unspecified atom stereocenters. The molecule has 8 heteroatoms. The number of amides is 1. The second-order valence-corrected chi connectivity index (χ2v) is 13.2. The summed E-state index contributed by atoms with van der Waals surface area (Å²) < 4.78 is 8.12. The number of hydrogen-bond acceptors (Lipinski definition) is 6. The topological polar surface area (TPSA) is 114 Å². The minimum absolute atomic E-state index is 0.0606. The van der Waals surface area contributed by atoms with Gasteiger partial charge in [-0.1, -0.05) is 59.1 Å². The molecule has 1 atom stereocenters. The van der Waals surface area contributed by atoms with Crippen LogP contribution in [0.2, 0.25) is 0 Å². The highest BCUT2D eigenvalue weighted by atomic mass is 16.5. The molecule has 2 heterocycles. The van der Waals surface area contributed by atoms with Crippen LogP contribution in [-0.4, -0.2) is 48.4 Å². The number of hydrazine groups is 1. The number of pyridine rings is 1. The number of aromatic nitrogens is 2. The average Bonchev–Trinajstić information content (AvgIpc) is 3.39. The smallest absolute Gasteiger partial charge is 0.221 e. The van der Waals surface area contributed by atoms with E-state index in [1.165, 1.54) is 40.3 Å². The molecule has 0 aliphatic carbocycles. The van der Waals surface area contributed by atoms with Crippen LogP contribution in [0.4, 0.5) is 0 Å². The maximum Gasteiger partial charge on any atom is 0.221 e. The normalized spacial score (nSPS) is 11.7. The van der Waals surface area contributed by atoms with Gasteiger partial charge in [0.25, 0.3) is 0 Å². The molecular weight excluding hydrogens is 610 g/mol. The summed E-state index contributed by atoms with van der Waals surface area (Å²) in [5, 5.41) is 12.0. The summed E-state index contributed by atoms with van der Waals surface area (Å²) in [6.07, 6.45) is 11.6. The van der Waals surface area contributed by atoms with E-state index in [1.807, 2.05) is 24.5 Å². The molecule has 2 aromatic heterocycles. The van der Waals surface area contributed by atoms with Gasteiger partial charge >= 0.3 is 0 Å². The van der Waals surface area contributed by atoms with E-state index in [4.69, 9.17) is 4.74 Å². The fraction of sp³-hybridized carbons (Fsp3) is 0.463. The second kappa shape index (κ2) is 21.2. The molecular formula is C41H61N5O3. The summed E-state index contributed by atoms with van der Waals surface area (Å²) in [5.41, 5.74) is 19.4. The van der Waals surface area contributed by atoms with Crippen LogP contribution in [0, 0.1) is 11.3 Å². The summed E-state index contributed by atoms with van der Waals surface area (Å²) in [6, 6.07) is 15.0. The number of ether oxygens (including phenoxy) is 1. The van der Waals surface area contributed by atoms with Crippen molar-refractivity contribution in [3.8, 4) is 28.1 Å². The molecule has 0 saturated carbocycles. The molecule has 0 radical (unpaired) electrons. The number of aromatic hydroxyl groups is 1. The van der Waals surface area contributed by atoms with Crippen LogP contribution in [-0.2, 0) is 35.3 Å².